The molecule has 1 atom stereocenters. The van der Waals surface area contributed by atoms with Crippen molar-refractivity contribution in [3.63, 3.8) is 0 Å². The highest BCUT2D eigenvalue weighted by Gasteiger charge is 2.45. The first kappa shape index (κ1) is 23.4. The Bertz CT molecular complexity index is 1570. The minimum absolute atomic E-state index is 0.0346. The van der Waals surface area contributed by atoms with Gasteiger partial charge in [-0.25, -0.2) is 14.6 Å². The molecule has 0 bridgehead atoms. The van der Waals surface area contributed by atoms with Gasteiger partial charge in [-0.05, 0) is 30.2 Å². The third-order valence-corrected chi connectivity index (χ3v) is 6.64. The van der Waals surface area contributed by atoms with Crippen LogP contribution in [0.3, 0.4) is 0 Å². The Balaban J connectivity index is 1.81. The second-order valence-corrected chi connectivity index (χ2v) is 8.70. The number of carbonyl (C=O) groups is 3. The normalized spacial score (nSPS) is 18.2. The molecule has 0 radical (unpaired) electrons. The highest BCUT2D eigenvalue weighted by molar-refractivity contribution is 6.02. The average molecular weight is 489 g/mol. The number of hydrogen-bond acceptors (Lipinski definition) is 8. The fraction of sp³-hybridized carbons (Fsp3) is 0.269. The van der Waals surface area contributed by atoms with Gasteiger partial charge in [0.25, 0.3) is 5.56 Å². The fourth-order valence-electron chi connectivity index (χ4n) is 4.81. The fourth-order valence-corrected chi connectivity index (χ4v) is 4.81. The molecule has 0 saturated carbocycles. The van der Waals surface area contributed by atoms with E-state index in [0.717, 1.165) is 0 Å². The monoisotopic (exact) mass is 489 g/mol. The molecule has 3 aromatic rings. The van der Waals surface area contributed by atoms with Crippen molar-refractivity contribution in [3.8, 4) is 11.4 Å². The van der Waals surface area contributed by atoms with Crippen LogP contribution in [0.1, 0.15) is 42.5 Å². The predicted octanol–water partition coefficient (Wildman–Crippen LogP) is 1.73. The summed E-state index contributed by atoms with van der Waals surface area (Å²) < 4.78 is 11.5. The maximum absolute atomic E-state index is 13.5. The number of nitrogens with zero attached hydrogens (tertiary/aromatic N) is 2. The molecule has 0 aliphatic carbocycles. The van der Waals surface area contributed by atoms with E-state index in [-0.39, 0.29) is 36.4 Å². The van der Waals surface area contributed by atoms with Crippen molar-refractivity contribution in [2.75, 3.05) is 7.11 Å². The first-order valence-electron chi connectivity index (χ1n) is 11.4. The van der Waals surface area contributed by atoms with Gasteiger partial charge in [-0.15, -0.1) is 0 Å². The highest BCUT2D eigenvalue weighted by atomic mass is 16.6. The van der Waals surface area contributed by atoms with Crippen LogP contribution in [-0.4, -0.2) is 39.6 Å². The predicted molar refractivity (Wildman–Crippen MR) is 128 cm³/mol. The standard InChI is InChI=1S/C26H23N3O7/c1-4-26(34)18-10-21-22-16(11-29(21)23(31)17(18)12-36-25(26)33)15(14-7-5-6-8-19(14)28-22)9-20(24(32)35-3)27-13(2)30/h5-10,34H,4,11-12H2,1-3H3,(H,27,30)/b20-9-/t26-/m0/s1. The van der Waals surface area contributed by atoms with Gasteiger partial charge in [-0.2, -0.15) is 0 Å². The number of pyridine rings is 2. The van der Waals surface area contributed by atoms with Gasteiger partial charge < -0.3 is 24.5 Å². The van der Waals surface area contributed by atoms with Crippen molar-refractivity contribution >= 4 is 34.8 Å². The Morgan fingerprint density at radius 3 is 2.72 bits per heavy atom. The Morgan fingerprint density at radius 2 is 2.03 bits per heavy atom. The van der Waals surface area contributed by atoms with E-state index >= 15 is 0 Å². The molecule has 36 heavy (non-hydrogen) atoms. The number of fused-ring (bicyclic) bond motifs is 5. The van der Waals surface area contributed by atoms with Crippen molar-refractivity contribution in [1.82, 2.24) is 14.9 Å². The van der Waals surface area contributed by atoms with E-state index in [9.17, 15) is 24.3 Å². The van der Waals surface area contributed by atoms with Crippen LogP contribution in [0.4, 0.5) is 0 Å². The second-order valence-electron chi connectivity index (χ2n) is 8.70. The molecule has 4 heterocycles. The topological polar surface area (TPSA) is 137 Å². The number of esters is 2. The van der Waals surface area contributed by atoms with Crippen molar-refractivity contribution in [2.24, 2.45) is 0 Å². The van der Waals surface area contributed by atoms with Crippen LogP contribution in [0.2, 0.25) is 0 Å². The number of amides is 1. The van der Waals surface area contributed by atoms with Crippen LogP contribution in [0.5, 0.6) is 0 Å². The van der Waals surface area contributed by atoms with Crippen molar-refractivity contribution in [3.05, 3.63) is 68.6 Å². The third kappa shape index (κ3) is 3.41. The Labute approximate surface area is 205 Å². The number of carbonyl (C=O) groups excluding carboxylic acids is 3. The van der Waals surface area contributed by atoms with Crippen LogP contribution < -0.4 is 10.9 Å². The van der Waals surface area contributed by atoms with Crippen molar-refractivity contribution in [2.45, 2.75) is 39.0 Å². The lowest BCUT2D eigenvalue weighted by molar-refractivity contribution is -0.172. The summed E-state index contributed by atoms with van der Waals surface area (Å²) in [4.78, 5) is 54.9. The minimum Gasteiger partial charge on any atom is -0.464 e. The molecule has 2 aliphatic rings. The van der Waals surface area contributed by atoms with E-state index in [4.69, 9.17) is 14.5 Å². The van der Waals surface area contributed by atoms with Crippen molar-refractivity contribution in [1.29, 1.82) is 0 Å². The average Bonchev–Trinajstić information content (AvgIpc) is 3.24. The van der Waals surface area contributed by atoms with E-state index in [2.05, 4.69) is 5.32 Å². The zero-order chi connectivity index (χ0) is 25.8. The molecule has 0 saturated heterocycles. The summed E-state index contributed by atoms with van der Waals surface area (Å²) in [6.45, 7) is 2.82. The number of methoxy groups -OCH3 is 1. The summed E-state index contributed by atoms with van der Waals surface area (Å²) in [6.07, 6.45) is 1.55. The van der Waals surface area contributed by atoms with E-state index < -0.39 is 29.0 Å². The smallest absolute Gasteiger partial charge is 0.354 e. The molecule has 2 aromatic heterocycles. The lowest BCUT2D eigenvalue weighted by atomic mass is 9.86. The maximum atomic E-state index is 13.5. The molecule has 1 aromatic carbocycles. The Hall–Kier alpha value is -4.31. The van der Waals surface area contributed by atoms with Crippen LogP contribution in [-0.2, 0) is 42.6 Å². The third-order valence-electron chi connectivity index (χ3n) is 6.64. The van der Waals surface area contributed by atoms with E-state index in [0.29, 0.717) is 33.4 Å². The van der Waals surface area contributed by atoms with E-state index in [1.54, 1.807) is 19.1 Å². The molecule has 1 amide bonds. The number of hydrogen-bond donors (Lipinski definition) is 2. The summed E-state index contributed by atoms with van der Waals surface area (Å²) in [5.74, 6) is -1.97. The summed E-state index contributed by atoms with van der Waals surface area (Å²) in [5, 5.41) is 14.3. The van der Waals surface area contributed by atoms with E-state index in [1.807, 2.05) is 18.2 Å². The molecule has 0 fully saturated rings. The van der Waals surface area contributed by atoms with Gasteiger partial charge in [0.2, 0.25) is 5.91 Å². The molecule has 0 spiro atoms. The van der Waals surface area contributed by atoms with Gasteiger partial charge in [0, 0.05) is 23.4 Å². The molecule has 0 unspecified atom stereocenters. The zero-order valence-corrected chi connectivity index (χ0v) is 19.9. The molecule has 2 aliphatic heterocycles. The second kappa shape index (κ2) is 8.42. The molecule has 2 N–H and O–H groups in total. The number of benzene rings is 1. The SMILES string of the molecule is CC[C@@]1(O)C(=O)OCc2c1cc1n(c2=O)Cc2c-1nc1ccccc1c2/C=C(\NC(C)=O)C(=O)OC. The number of cyclic esters (lactones) is 1. The van der Waals surface area contributed by atoms with Gasteiger partial charge in [-0.3, -0.25) is 9.59 Å². The lowest BCUT2D eigenvalue weighted by Crippen LogP contribution is -2.44. The number of nitrogens with one attached hydrogen (secondary N) is 1. The molecule has 5 rings (SSSR count). The van der Waals surface area contributed by atoms with Gasteiger partial charge in [-0.1, -0.05) is 25.1 Å². The molecule has 184 valence electrons. The Morgan fingerprint density at radius 1 is 1.28 bits per heavy atom. The number of para-hydroxylation sites is 1. The number of rotatable bonds is 4. The van der Waals surface area contributed by atoms with Crippen LogP contribution in [0.25, 0.3) is 28.4 Å². The first-order valence-corrected chi connectivity index (χ1v) is 11.4. The molecule has 10 nitrogen and oxygen atoms in total. The lowest BCUT2D eigenvalue weighted by Gasteiger charge is -2.31. The molecule has 10 heteroatoms. The summed E-state index contributed by atoms with van der Waals surface area (Å²) in [7, 11) is 1.21. The van der Waals surface area contributed by atoms with Crippen LogP contribution in [0.15, 0.2) is 40.8 Å². The van der Waals surface area contributed by atoms with Gasteiger partial charge in [0.1, 0.15) is 12.3 Å². The van der Waals surface area contributed by atoms with Gasteiger partial charge >= 0.3 is 11.9 Å². The number of ether oxygens (including phenoxy) is 2. The van der Waals surface area contributed by atoms with E-state index in [1.165, 1.54) is 24.7 Å². The van der Waals surface area contributed by atoms with Crippen LogP contribution in [0, 0.1) is 0 Å². The highest BCUT2D eigenvalue weighted by Crippen LogP contribution is 2.40. The van der Waals surface area contributed by atoms with Gasteiger partial charge in [0.05, 0.1) is 36.1 Å². The zero-order valence-electron chi connectivity index (χ0n) is 19.9. The number of aliphatic hydroxyl groups is 1. The molecular weight excluding hydrogens is 466 g/mol. The maximum Gasteiger partial charge on any atom is 0.354 e. The largest absolute Gasteiger partial charge is 0.464 e. The quantitative estimate of drug-likeness (QED) is 0.327. The first-order chi connectivity index (χ1) is 17.2. The summed E-state index contributed by atoms with van der Waals surface area (Å²) in [5.41, 5.74) is 0.776. The van der Waals surface area contributed by atoms with Crippen molar-refractivity contribution < 1.29 is 29.0 Å². The van der Waals surface area contributed by atoms with Gasteiger partial charge in [0.15, 0.2) is 5.60 Å². The Kier molecular flexibility index (Phi) is 5.48. The summed E-state index contributed by atoms with van der Waals surface area (Å²) in [6, 6.07) is 8.88. The summed E-state index contributed by atoms with van der Waals surface area (Å²) >= 11 is 0. The number of aromatic nitrogens is 2. The van der Waals surface area contributed by atoms with Crippen LogP contribution >= 0.6 is 0 Å². The molecular formula is C26H23N3O7. The minimum atomic E-state index is -1.94.